The highest BCUT2D eigenvalue weighted by atomic mass is 19.1. The molecule has 0 saturated carbocycles. The lowest BCUT2D eigenvalue weighted by molar-refractivity contribution is -0.128. The minimum atomic E-state index is -0.540. The van der Waals surface area contributed by atoms with Gasteiger partial charge in [0.05, 0.1) is 17.8 Å². The van der Waals surface area contributed by atoms with Crippen molar-refractivity contribution in [2.75, 3.05) is 19.7 Å². The number of ether oxygens (including phenoxy) is 1. The van der Waals surface area contributed by atoms with E-state index in [1.165, 1.54) is 24.4 Å². The number of Topliss-reactive ketones (excluding diaryl/α,β-unsaturated/α-hetero) is 1. The average molecular weight is 358 g/mol. The number of rotatable bonds is 2. The summed E-state index contributed by atoms with van der Waals surface area (Å²) in [6, 6.07) is 4.15. The van der Waals surface area contributed by atoms with Crippen molar-refractivity contribution in [2.24, 2.45) is 5.41 Å². The molecule has 1 amide bonds. The van der Waals surface area contributed by atoms with Gasteiger partial charge in [-0.05, 0) is 56.7 Å². The number of halogens is 1. The number of H-pyrrole nitrogens is 1. The number of nitrogens with one attached hydrogen (secondary N) is 1. The fourth-order valence-corrected chi connectivity index (χ4v) is 4.40. The van der Waals surface area contributed by atoms with Crippen LogP contribution in [0.1, 0.15) is 43.5 Å². The molecule has 4 rings (SSSR count). The van der Waals surface area contributed by atoms with Gasteiger partial charge in [-0.15, -0.1) is 0 Å². The first kappa shape index (κ1) is 17.2. The number of aromatic nitrogens is 1. The molecule has 0 aliphatic carbocycles. The van der Waals surface area contributed by atoms with Crippen LogP contribution in [0.15, 0.2) is 24.4 Å². The topological polar surface area (TPSA) is 62.4 Å². The number of piperidine rings is 1. The summed E-state index contributed by atoms with van der Waals surface area (Å²) in [4.78, 5) is 29.9. The number of hydrogen-bond acceptors (Lipinski definition) is 3. The molecule has 2 aliphatic rings. The first-order chi connectivity index (χ1) is 12.3. The van der Waals surface area contributed by atoms with Crippen molar-refractivity contribution in [3.63, 3.8) is 0 Å². The molecule has 1 spiro atoms. The maximum Gasteiger partial charge on any atom is 0.295 e. The number of carbonyl (C=O) groups excluding carboxylic acids is 2. The van der Waals surface area contributed by atoms with Crippen molar-refractivity contribution in [1.29, 1.82) is 0 Å². The molecule has 6 heteroatoms. The maximum atomic E-state index is 13.3. The molecular formula is C20H23FN2O3. The van der Waals surface area contributed by atoms with E-state index >= 15 is 0 Å². The molecule has 0 atom stereocenters. The van der Waals surface area contributed by atoms with E-state index in [0.717, 1.165) is 25.9 Å². The molecule has 26 heavy (non-hydrogen) atoms. The highest BCUT2D eigenvalue weighted by molar-refractivity contribution is 6.44. The molecule has 0 radical (unpaired) electrons. The Morgan fingerprint density at radius 2 is 1.96 bits per heavy atom. The maximum absolute atomic E-state index is 13.3. The van der Waals surface area contributed by atoms with Crippen molar-refractivity contribution in [3.05, 3.63) is 35.8 Å². The number of fused-ring (bicyclic) bond motifs is 1. The smallest absolute Gasteiger partial charge is 0.295 e. The predicted octanol–water partition coefficient (Wildman–Crippen LogP) is 3.30. The minimum absolute atomic E-state index is 0.110. The summed E-state index contributed by atoms with van der Waals surface area (Å²) in [7, 11) is 0. The van der Waals surface area contributed by atoms with Crippen molar-refractivity contribution in [1.82, 2.24) is 9.88 Å². The Kier molecular flexibility index (Phi) is 3.91. The molecule has 0 unspecified atom stereocenters. The van der Waals surface area contributed by atoms with Gasteiger partial charge in [-0.2, -0.15) is 0 Å². The van der Waals surface area contributed by atoms with Gasteiger partial charge in [0.25, 0.3) is 11.7 Å². The van der Waals surface area contributed by atoms with Gasteiger partial charge in [0.1, 0.15) is 5.82 Å². The second-order valence-corrected chi connectivity index (χ2v) is 8.24. The number of nitrogens with zero attached hydrogens (tertiary/aromatic N) is 1. The zero-order valence-electron chi connectivity index (χ0n) is 15.1. The van der Waals surface area contributed by atoms with Crippen LogP contribution in [0.2, 0.25) is 0 Å². The largest absolute Gasteiger partial charge is 0.375 e. The summed E-state index contributed by atoms with van der Waals surface area (Å²) < 4.78 is 19.2. The normalized spacial score (nSPS) is 21.4. The van der Waals surface area contributed by atoms with E-state index in [9.17, 15) is 14.0 Å². The summed E-state index contributed by atoms with van der Waals surface area (Å²) in [5, 5.41) is 0.573. The molecule has 0 bridgehead atoms. The third kappa shape index (κ3) is 2.92. The fourth-order valence-electron chi connectivity index (χ4n) is 4.40. The third-order valence-corrected chi connectivity index (χ3v) is 5.76. The molecule has 1 N–H and O–H groups in total. The quantitative estimate of drug-likeness (QED) is 0.662. The lowest BCUT2D eigenvalue weighted by atomic mass is 9.74. The predicted molar refractivity (Wildman–Crippen MR) is 95.5 cm³/mol. The number of benzene rings is 1. The van der Waals surface area contributed by atoms with Gasteiger partial charge in [-0.1, -0.05) is 0 Å². The van der Waals surface area contributed by atoms with Gasteiger partial charge in [0.2, 0.25) is 0 Å². The summed E-state index contributed by atoms with van der Waals surface area (Å²) in [6.45, 7) is 6.07. The molecular weight excluding hydrogens is 335 g/mol. The second kappa shape index (κ2) is 5.91. The summed E-state index contributed by atoms with van der Waals surface area (Å²) in [5.41, 5.74) is 0.836. The fraction of sp³-hybridized carbons (Fsp3) is 0.500. The molecule has 2 fully saturated rings. The Morgan fingerprint density at radius 3 is 2.62 bits per heavy atom. The van der Waals surface area contributed by atoms with Crippen molar-refractivity contribution < 1.29 is 18.7 Å². The Balaban J connectivity index is 1.47. The molecule has 2 aliphatic heterocycles. The molecule has 2 saturated heterocycles. The van der Waals surface area contributed by atoms with Gasteiger partial charge in [-0.3, -0.25) is 9.59 Å². The number of hydrogen-bond donors (Lipinski definition) is 1. The van der Waals surface area contributed by atoms with Crippen molar-refractivity contribution in [3.8, 4) is 0 Å². The number of carbonyl (C=O) groups is 2. The van der Waals surface area contributed by atoms with E-state index in [-0.39, 0.29) is 16.8 Å². The second-order valence-electron chi connectivity index (χ2n) is 8.24. The van der Waals surface area contributed by atoms with Crippen LogP contribution < -0.4 is 0 Å². The van der Waals surface area contributed by atoms with Gasteiger partial charge in [0.15, 0.2) is 0 Å². The Labute approximate surface area is 151 Å². The minimum Gasteiger partial charge on any atom is -0.375 e. The van der Waals surface area contributed by atoms with Crippen LogP contribution in [0.3, 0.4) is 0 Å². The Hall–Kier alpha value is -2.21. The Bertz CT molecular complexity index is 878. The zero-order valence-corrected chi connectivity index (χ0v) is 15.1. The van der Waals surface area contributed by atoms with Gasteiger partial charge < -0.3 is 14.6 Å². The van der Waals surface area contributed by atoms with E-state index in [0.29, 0.717) is 29.6 Å². The van der Waals surface area contributed by atoms with Crippen molar-refractivity contribution >= 4 is 22.6 Å². The van der Waals surface area contributed by atoms with Crippen LogP contribution in [-0.4, -0.2) is 46.9 Å². The highest BCUT2D eigenvalue weighted by Crippen LogP contribution is 2.46. The standard InChI is InChI=1S/C20H23FN2O3/c1-19(2)11-20(12-26-19)5-7-23(8-6-20)18(25)17(24)15-10-22-16-9-13(21)3-4-14(15)16/h3-4,9-10,22H,5-8,11-12H2,1-2H3. The van der Waals surface area contributed by atoms with Crippen LogP contribution >= 0.6 is 0 Å². The summed E-state index contributed by atoms with van der Waals surface area (Å²) >= 11 is 0. The lowest BCUT2D eigenvalue weighted by Gasteiger charge is -2.38. The molecule has 138 valence electrons. The first-order valence-corrected chi connectivity index (χ1v) is 9.03. The average Bonchev–Trinajstić information content (AvgIpc) is 3.14. The third-order valence-electron chi connectivity index (χ3n) is 5.76. The summed E-state index contributed by atoms with van der Waals surface area (Å²) in [6.07, 6.45) is 4.19. The van der Waals surface area contributed by atoms with E-state index in [2.05, 4.69) is 18.8 Å². The molecule has 1 aromatic carbocycles. The highest BCUT2D eigenvalue weighted by Gasteiger charge is 2.46. The number of amides is 1. The summed E-state index contributed by atoms with van der Waals surface area (Å²) in [5.74, 6) is -1.40. The first-order valence-electron chi connectivity index (χ1n) is 9.03. The van der Waals surface area contributed by atoms with Crippen molar-refractivity contribution in [2.45, 2.75) is 38.7 Å². The number of aromatic amines is 1. The number of ketones is 1. The van der Waals surface area contributed by atoms with Crippen LogP contribution in [0.25, 0.3) is 10.9 Å². The molecule has 1 aromatic heterocycles. The monoisotopic (exact) mass is 358 g/mol. The van der Waals surface area contributed by atoms with E-state index in [4.69, 9.17) is 4.74 Å². The van der Waals surface area contributed by atoms with E-state index in [1.807, 2.05) is 0 Å². The Morgan fingerprint density at radius 1 is 1.23 bits per heavy atom. The van der Waals surface area contributed by atoms with E-state index in [1.54, 1.807) is 4.90 Å². The molecule has 5 nitrogen and oxygen atoms in total. The molecule has 2 aromatic rings. The van der Waals surface area contributed by atoms with Crippen LogP contribution in [0.4, 0.5) is 4.39 Å². The SMILES string of the molecule is CC1(C)CC2(CCN(C(=O)C(=O)c3c[nH]c4cc(F)ccc34)CC2)CO1. The van der Waals surface area contributed by atoms with Gasteiger partial charge in [0, 0.05) is 30.2 Å². The zero-order chi connectivity index (χ0) is 18.5. The van der Waals surface area contributed by atoms with Crippen LogP contribution in [0, 0.1) is 11.2 Å². The van der Waals surface area contributed by atoms with Crippen LogP contribution in [0.5, 0.6) is 0 Å². The van der Waals surface area contributed by atoms with Gasteiger partial charge >= 0.3 is 0 Å². The van der Waals surface area contributed by atoms with E-state index < -0.39 is 11.7 Å². The van der Waals surface area contributed by atoms with Gasteiger partial charge in [-0.25, -0.2) is 4.39 Å². The molecule has 3 heterocycles. The number of likely N-dealkylation sites (tertiary alicyclic amines) is 1. The lowest BCUT2D eigenvalue weighted by Crippen LogP contribution is -2.46. The van der Waals surface area contributed by atoms with Crippen LogP contribution in [-0.2, 0) is 9.53 Å².